The molecular formula is C22H21N5O2S. The summed E-state index contributed by atoms with van der Waals surface area (Å²) in [5.74, 6) is -0.205. The summed E-state index contributed by atoms with van der Waals surface area (Å²) in [6, 6.07) is 16.9. The molecule has 4 aromatic rings. The van der Waals surface area contributed by atoms with Gasteiger partial charge in [-0.05, 0) is 42.5 Å². The highest BCUT2D eigenvalue weighted by atomic mass is 32.1. The average molecular weight is 420 g/mol. The number of carbonyl (C=O) groups excluding carboxylic acids is 2. The van der Waals surface area contributed by atoms with E-state index in [1.807, 2.05) is 47.1 Å². The molecule has 0 atom stereocenters. The number of benzene rings is 2. The van der Waals surface area contributed by atoms with Crippen LogP contribution < -0.4 is 16.4 Å². The fourth-order valence-electron chi connectivity index (χ4n) is 3.21. The first kappa shape index (κ1) is 19.7. The van der Waals surface area contributed by atoms with Gasteiger partial charge in [0, 0.05) is 27.8 Å². The summed E-state index contributed by atoms with van der Waals surface area (Å²) in [6.07, 6.45) is 2.08. The molecule has 0 radical (unpaired) electrons. The number of nitrogens with zero attached hydrogens (tertiary/aromatic N) is 2. The Bertz CT molecular complexity index is 1230. The normalized spacial score (nSPS) is 10.8. The summed E-state index contributed by atoms with van der Waals surface area (Å²) in [6.45, 7) is 2.10. The number of thiophene rings is 1. The third-order valence-electron chi connectivity index (χ3n) is 4.55. The number of fused-ring (bicyclic) bond motifs is 1. The first-order valence-electron chi connectivity index (χ1n) is 9.43. The number of aromatic nitrogens is 2. The number of amides is 2. The van der Waals surface area contributed by atoms with E-state index in [-0.39, 0.29) is 11.8 Å². The Hall–Kier alpha value is -3.65. The van der Waals surface area contributed by atoms with Gasteiger partial charge < -0.3 is 16.4 Å². The summed E-state index contributed by atoms with van der Waals surface area (Å²) in [4.78, 5) is 25.6. The van der Waals surface area contributed by atoms with Gasteiger partial charge in [-0.2, -0.15) is 5.10 Å². The molecule has 2 aromatic carbocycles. The fraction of sp³-hybridized carbons (Fsp3) is 0.136. The lowest BCUT2D eigenvalue weighted by Gasteiger charge is -2.07. The second-order valence-electron chi connectivity index (χ2n) is 6.94. The molecular weight excluding hydrogens is 398 g/mol. The largest absolute Gasteiger partial charge is 0.397 e. The lowest BCUT2D eigenvalue weighted by Crippen LogP contribution is -2.14. The van der Waals surface area contributed by atoms with Gasteiger partial charge in [0.1, 0.15) is 0 Å². The smallest absolute Gasteiger partial charge is 0.229 e. The van der Waals surface area contributed by atoms with Crippen LogP contribution in [0, 0.1) is 0 Å². The first-order valence-corrected chi connectivity index (χ1v) is 10.2. The number of rotatable bonds is 6. The summed E-state index contributed by atoms with van der Waals surface area (Å²) >= 11 is 1.58. The van der Waals surface area contributed by atoms with Crippen molar-refractivity contribution in [2.45, 2.75) is 19.9 Å². The van der Waals surface area contributed by atoms with Gasteiger partial charge in [0.15, 0.2) is 0 Å². The minimum absolute atomic E-state index is 0.101. The van der Waals surface area contributed by atoms with Crippen molar-refractivity contribution in [1.29, 1.82) is 0 Å². The second kappa shape index (κ2) is 8.38. The molecule has 152 valence electrons. The Morgan fingerprint density at radius 3 is 2.67 bits per heavy atom. The molecule has 2 heterocycles. The summed E-state index contributed by atoms with van der Waals surface area (Å²) in [7, 11) is 0. The molecule has 7 nitrogen and oxygen atoms in total. The van der Waals surface area contributed by atoms with E-state index < -0.39 is 0 Å². The number of hydrogen-bond donors (Lipinski definition) is 3. The van der Waals surface area contributed by atoms with E-state index in [9.17, 15) is 9.59 Å². The van der Waals surface area contributed by atoms with Crippen molar-refractivity contribution >= 4 is 51.1 Å². The maximum Gasteiger partial charge on any atom is 0.229 e. The molecule has 30 heavy (non-hydrogen) atoms. The van der Waals surface area contributed by atoms with E-state index >= 15 is 0 Å². The van der Waals surface area contributed by atoms with Gasteiger partial charge in [-0.25, -0.2) is 0 Å². The predicted molar refractivity (Wildman–Crippen MR) is 121 cm³/mol. The molecule has 0 unspecified atom stereocenters. The summed E-state index contributed by atoms with van der Waals surface area (Å²) in [5, 5.41) is 11.1. The van der Waals surface area contributed by atoms with Crippen LogP contribution in [0.15, 0.2) is 60.8 Å². The van der Waals surface area contributed by atoms with E-state index in [4.69, 9.17) is 5.73 Å². The van der Waals surface area contributed by atoms with Gasteiger partial charge in [0.05, 0.1) is 36.1 Å². The monoisotopic (exact) mass is 419 g/mol. The van der Waals surface area contributed by atoms with Crippen molar-refractivity contribution in [2.75, 3.05) is 16.4 Å². The van der Waals surface area contributed by atoms with E-state index in [1.54, 1.807) is 29.7 Å². The third-order valence-corrected chi connectivity index (χ3v) is 5.62. The molecule has 0 aliphatic rings. The fourth-order valence-corrected chi connectivity index (χ4v) is 4.21. The van der Waals surface area contributed by atoms with E-state index in [0.29, 0.717) is 24.3 Å². The van der Waals surface area contributed by atoms with Crippen LogP contribution >= 0.6 is 11.3 Å². The SMILES string of the molecule is CC(=O)Nc1ccc2c(cnn2Cc2ccc(CC(=O)Nc3ccccc3N)s2)c1. The zero-order valence-electron chi connectivity index (χ0n) is 16.4. The van der Waals surface area contributed by atoms with Crippen LogP contribution in [0.1, 0.15) is 16.7 Å². The molecule has 0 spiro atoms. The molecule has 0 saturated heterocycles. The number of hydrogen-bond acceptors (Lipinski definition) is 5. The minimum atomic E-state index is -0.105. The van der Waals surface area contributed by atoms with Crippen LogP contribution in [0.4, 0.5) is 17.1 Å². The van der Waals surface area contributed by atoms with Crippen LogP contribution in [0.5, 0.6) is 0 Å². The van der Waals surface area contributed by atoms with Crippen LogP contribution in [0.3, 0.4) is 0 Å². The van der Waals surface area contributed by atoms with Gasteiger partial charge in [-0.3, -0.25) is 14.3 Å². The summed E-state index contributed by atoms with van der Waals surface area (Å²) < 4.78 is 1.91. The minimum Gasteiger partial charge on any atom is -0.397 e. The van der Waals surface area contributed by atoms with Crippen LogP contribution in [-0.4, -0.2) is 21.6 Å². The molecule has 2 aromatic heterocycles. The lowest BCUT2D eigenvalue weighted by atomic mass is 10.2. The molecule has 8 heteroatoms. The van der Waals surface area contributed by atoms with Gasteiger partial charge in [-0.15, -0.1) is 11.3 Å². The molecule has 0 aliphatic heterocycles. The Morgan fingerprint density at radius 1 is 1.07 bits per heavy atom. The Kier molecular flexibility index (Phi) is 5.49. The maximum atomic E-state index is 12.3. The number of nitrogens with two attached hydrogens (primary N) is 1. The standard InChI is InChI=1S/C22H21N5O2S/c1-14(28)25-16-6-9-21-15(10-16)12-24-27(21)13-18-8-7-17(30-18)11-22(29)26-20-5-3-2-4-19(20)23/h2-10,12H,11,13,23H2,1H3,(H,25,28)(H,26,29). The van der Waals surface area contributed by atoms with Crippen molar-refractivity contribution in [3.8, 4) is 0 Å². The molecule has 0 bridgehead atoms. The van der Waals surface area contributed by atoms with Crippen molar-refractivity contribution in [3.05, 3.63) is 70.5 Å². The van der Waals surface area contributed by atoms with Crippen LogP contribution in [-0.2, 0) is 22.6 Å². The number of anilines is 3. The molecule has 0 saturated carbocycles. The Labute approximate surface area is 177 Å². The van der Waals surface area contributed by atoms with E-state index in [0.717, 1.165) is 26.3 Å². The highest BCUT2D eigenvalue weighted by Crippen LogP contribution is 2.23. The van der Waals surface area contributed by atoms with Crippen molar-refractivity contribution in [2.24, 2.45) is 0 Å². The quantitative estimate of drug-likeness (QED) is 0.413. The van der Waals surface area contributed by atoms with Crippen molar-refractivity contribution < 1.29 is 9.59 Å². The molecule has 4 rings (SSSR count). The third kappa shape index (κ3) is 4.49. The maximum absolute atomic E-state index is 12.3. The Morgan fingerprint density at radius 2 is 1.87 bits per heavy atom. The van der Waals surface area contributed by atoms with E-state index in [2.05, 4.69) is 15.7 Å². The zero-order valence-corrected chi connectivity index (χ0v) is 17.2. The highest BCUT2D eigenvalue weighted by Gasteiger charge is 2.10. The molecule has 0 fully saturated rings. The van der Waals surface area contributed by atoms with Gasteiger partial charge >= 0.3 is 0 Å². The van der Waals surface area contributed by atoms with Gasteiger partial charge in [-0.1, -0.05) is 12.1 Å². The average Bonchev–Trinajstić information content (AvgIpc) is 3.30. The lowest BCUT2D eigenvalue weighted by molar-refractivity contribution is -0.115. The Balaban J connectivity index is 1.42. The summed E-state index contributed by atoms with van der Waals surface area (Å²) in [5.41, 5.74) is 8.78. The molecule has 0 aliphatic carbocycles. The molecule has 4 N–H and O–H groups in total. The number of para-hydroxylation sites is 2. The van der Waals surface area contributed by atoms with E-state index in [1.165, 1.54) is 6.92 Å². The van der Waals surface area contributed by atoms with Crippen molar-refractivity contribution in [3.63, 3.8) is 0 Å². The highest BCUT2D eigenvalue weighted by molar-refractivity contribution is 7.12. The molecule has 2 amide bonds. The van der Waals surface area contributed by atoms with Crippen molar-refractivity contribution in [1.82, 2.24) is 9.78 Å². The first-order chi connectivity index (χ1) is 14.5. The van der Waals surface area contributed by atoms with Gasteiger partial charge in [0.2, 0.25) is 11.8 Å². The number of nitrogens with one attached hydrogen (secondary N) is 2. The zero-order chi connectivity index (χ0) is 21.1. The van der Waals surface area contributed by atoms with Crippen LogP contribution in [0.25, 0.3) is 10.9 Å². The topological polar surface area (TPSA) is 102 Å². The number of carbonyl (C=O) groups is 2. The number of nitrogen functional groups attached to an aromatic ring is 1. The predicted octanol–water partition coefficient (Wildman–Crippen LogP) is 3.87. The van der Waals surface area contributed by atoms with Crippen LogP contribution in [0.2, 0.25) is 0 Å². The second-order valence-corrected chi connectivity index (χ2v) is 8.19. The van der Waals surface area contributed by atoms with Gasteiger partial charge in [0.25, 0.3) is 0 Å².